The fraction of sp³-hybridized carbons (Fsp3) is 0.409. The third kappa shape index (κ3) is 6.71. The molecule has 0 saturated carbocycles. The van der Waals surface area contributed by atoms with Crippen molar-refractivity contribution < 1.29 is 53.3 Å². The predicted octanol–water partition coefficient (Wildman–Crippen LogP) is -0.510. The van der Waals surface area contributed by atoms with Gasteiger partial charge in [0.2, 0.25) is 0 Å². The van der Waals surface area contributed by atoms with E-state index in [2.05, 4.69) is 17.0 Å². The molecule has 0 aliphatic carbocycles. The molecule has 0 aromatic heterocycles. The zero-order valence-electron chi connectivity index (χ0n) is 17.1. The molecule has 0 bridgehead atoms. The van der Waals surface area contributed by atoms with E-state index in [1.165, 1.54) is 17.3 Å². The van der Waals surface area contributed by atoms with E-state index in [0.29, 0.717) is 24.5 Å². The van der Waals surface area contributed by atoms with E-state index in [9.17, 15) is 14.3 Å². The molecule has 5 nitrogen and oxygen atoms in total. The number of aliphatic carboxylic acids is 1. The van der Waals surface area contributed by atoms with Crippen molar-refractivity contribution in [1.82, 2.24) is 0 Å². The van der Waals surface area contributed by atoms with Crippen molar-refractivity contribution in [2.75, 3.05) is 31.7 Å². The second-order valence-electron chi connectivity index (χ2n) is 6.96. The Labute approximate surface area is 193 Å². The Morgan fingerprint density at radius 2 is 2.07 bits per heavy atom. The minimum atomic E-state index is -1.19. The molecule has 0 spiro atoms. The van der Waals surface area contributed by atoms with Crippen LogP contribution in [0.1, 0.15) is 29.5 Å². The third-order valence-corrected chi connectivity index (χ3v) is 4.96. The summed E-state index contributed by atoms with van der Waals surface area (Å²) in [5.41, 5.74) is 3.91. The smallest absolute Gasteiger partial charge is 0.550 e. The van der Waals surface area contributed by atoms with Gasteiger partial charge in [-0.3, -0.25) is 0 Å². The number of ether oxygens (including phenoxy) is 2. The number of hydrogen-bond acceptors (Lipinski definition) is 5. The van der Waals surface area contributed by atoms with Crippen molar-refractivity contribution in [1.29, 1.82) is 0 Å². The van der Waals surface area contributed by atoms with Crippen molar-refractivity contribution in [2.45, 2.75) is 32.3 Å². The molecule has 0 N–H and O–H groups in total. The van der Waals surface area contributed by atoms with Crippen molar-refractivity contribution in [3.8, 4) is 5.75 Å². The molecule has 2 aromatic rings. The normalized spacial score (nSPS) is 12.8. The standard InChI is InChI=1S/C22H26FNO4.Na/c1-27-12-11-24-10-2-3-18-5-4-16(13-21(18)24)15-28-19-8-6-17(20(23)14-19)7-9-22(25)26;/h4-6,8,13-14H,2-3,7,9-12,15H2,1H3,(H,25,26);/q;+1/p-1. The van der Waals surface area contributed by atoms with Crippen molar-refractivity contribution in [3.05, 3.63) is 58.9 Å². The van der Waals surface area contributed by atoms with Gasteiger partial charge in [0.1, 0.15) is 18.2 Å². The minimum absolute atomic E-state index is 0. The van der Waals surface area contributed by atoms with E-state index < -0.39 is 11.8 Å². The van der Waals surface area contributed by atoms with Gasteiger partial charge in [-0.1, -0.05) is 18.2 Å². The molecule has 0 saturated heterocycles. The van der Waals surface area contributed by atoms with Crippen LogP contribution in [0, 0.1) is 5.82 Å². The van der Waals surface area contributed by atoms with E-state index >= 15 is 0 Å². The van der Waals surface area contributed by atoms with Gasteiger partial charge in [-0.2, -0.15) is 0 Å². The summed E-state index contributed by atoms with van der Waals surface area (Å²) in [6, 6.07) is 10.8. The van der Waals surface area contributed by atoms with Gasteiger partial charge in [0, 0.05) is 37.9 Å². The molecule has 0 amide bonds. The molecular weight excluding hydrogens is 384 g/mol. The molecule has 0 fully saturated rings. The predicted molar refractivity (Wildman–Crippen MR) is 103 cm³/mol. The monoisotopic (exact) mass is 409 g/mol. The van der Waals surface area contributed by atoms with Crippen LogP contribution in [-0.2, 0) is 29.0 Å². The molecule has 0 radical (unpaired) electrons. The van der Waals surface area contributed by atoms with Crippen LogP contribution in [0.3, 0.4) is 0 Å². The molecule has 0 unspecified atom stereocenters. The maximum atomic E-state index is 14.1. The number of halogens is 1. The summed E-state index contributed by atoms with van der Waals surface area (Å²) in [6.45, 7) is 2.89. The maximum Gasteiger partial charge on any atom is 1.00 e. The summed E-state index contributed by atoms with van der Waals surface area (Å²) in [5, 5.41) is 10.5. The summed E-state index contributed by atoms with van der Waals surface area (Å²) in [5.74, 6) is -1.23. The number of fused-ring (bicyclic) bond motifs is 1. The van der Waals surface area contributed by atoms with E-state index in [4.69, 9.17) is 9.47 Å². The number of anilines is 1. The molecule has 150 valence electrons. The number of carbonyl (C=O) groups is 1. The first-order valence-electron chi connectivity index (χ1n) is 9.53. The van der Waals surface area contributed by atoms with Crippen LogP contribution in [0.15, 0.2) is 36.4 Å². The van der Waals surface area contributed by atoms with Crippen LogP contribution >= 0.6 is 0 Å². The van der Waals surface area contributed by atoms with Gasteiger partial charge in [-0.05, 0) is 54.5 Å². The molecular formula is C22H25FNNaO4. The second kappa shape index (κ2) is 11.6. The average molecular weight is 409 g/mol. The van der Waals surface area contributed by atoms with Crippen LogP contribution in [-0.4, -0.2) is 32.8 Å². The SMILES string of the molecule is COCCN1CCCc2ccc(COc3ccc(CCC(=O)[O-])c(F)c3)cc21.[Na+]. The van der Waals surface area contributed by atoms with Crippen LogP contribution in [0.4, 0.5) is 10.1 Å². The molecule has 1 aliphatic rings. The van der Waals surface area contributed by atoms with Crippen molar-refractivity contribution >= 4 is 11.7 Å². The second-order valence-corrected chi connectivity index (χ2v) is 6.96. The molecule has 7 heteroatoms. The van der Waals surface area contributed by atoms with Crippen LogP contribution in [0.25, 0.3) is 0 Å². The number of nitrogens with zero attached hydrogens (tertiary/aromatic N) is 1. The number of hydrogen-bond donors (Lipinski definition) is 0. The summed E-state index contributed by atoms with van der Waals surface area (Å²) < 4.78 is 25.1. The zero-order valence-corrected chi connectivity index (χ0v) is 19.1. The third-order valence-electron chi connectivity index (χ3n) is 4.96. The minimum Gasteiger partial charge on any atom is -0.550 e. The first-order valence-corrected chi connectivity index (χ1v) is 9.53. The van der Waals surface area contributed by atoms with Gasteiger partial charge in [0.15, 0.2) is 0 Å². The first-order chi connectivity index (χ1) is 13.6. The Kier molecular flexibility index (Phi) is 9.43. The van der Waals surface area contributed by atoms with Gasteiger partial charge in [0.25, 0.3) is 0 Å². The topological polar surface area (TPSA) is 61.8 Å². The Balaban J connectivity index is 0.00000300. The summed E-state index contributed by atoms with van der Waals surface area (Å²) >= 11 is 0. The van der Waals surface area contributed by atoms with Gasteiger partial charge in [0.05, 0.1) is 6.61 Å². The Morgan fingerprint density at radius 3 is 2.79 bits per heavy atom. The van der Waals surface area contributed by atoms with Crippen LogP contribution < -0.4 is 44.3 Å². The number of aryl methyl sites for hydroxylation is 2. The Morgan fingerprint density at radius 1 is 1.24 bits per heavy atom. The van der Waals surface area contributed by atoms with E-state index in [1.54, 1.807) is 19.2 Å². The van der Waals surface area contributed by atoms with E-state index in [1.807, 2.05) is 6.07 Å². The number of benzene rings is 2. The van der Waals surface area contributed by atoms with Gasteiger partial charge in [-0.25, -0.2) is 4.39 Å². The van der Waals surface area contributed by atoms with Crippen LogP contribution in [0.2, 0.25) is 0 Å². The number of carbonyl (C=O) groups excluding carboxylic acids is 1. The number of carboxylic acid groups (broad SMARTS) is 1. The largest absolute Gasteiger partial charge is 1.00 e. The van der Waals surface area contributed by atoms with Gasteiger partial charge in [-0.15, -0.1) is 0 Å². The Hall–Kier alpha value is -1.60. The molecule has 1 aliphatic heterocycles. The maximum absolute atomic E-state index is 14.1. The fourth-order valence-electron chi connectivity index (χ4n) is 3.44. The van der Waals surface area contributed by atoms with Crippen molar-refractivity contribution in [2.24, 2.45) is 0 Å². The molecule has 3 rings (SSSR count). The van der Waals surface area contributed by atoms with E-state index in [0.717, 1.165) is 31.5 Å². The molecule has 0 atom stereocenters. The van der Waals surface area contributed by atoms with Crippen molar-refractivity contribution in [3.63, 3.8) is 0 Å². The quantitative estimate of drug-likeness (QED) is 0.522. The number of rotatable bonds is 9. The zero-order chi connectivity index (χ0) is 19.9. The summed E-state index contributed by atoms with van der Waals surface area (Å²) in [7, 11) is 1.71. The van der Waals surface area contributed by atoms with E-state index in [-0.39, 0.29) is 42.4 Å². The number of carboxylic acids is 1. The molecule has 29 heavy (non-hydrogen) atoms. The average Bonchev–Trinajstić information content (AvgIpc) is 2.69. The summed E-state index contributed by atoms with van der Waals surface area (Å²) in [4.78, 5) is 12.9. The fourth-order valence-corrected chi connectivity index (χ4v) is 3.44. The molecule has 1 heterocycles. The van der Waals surface area contributed by atoms with Crippen LogP contribution in [0.5, 0.6) is 5.75 Å². The number of methoxy groups -OCH3 is 1. The summed E-state index contributed by atoms with van der Waals surface area (Å²) in [6.07, 6.45) is 2.11. The first kappa shape index (κ1) is 23.7. The van der Waals surface area contributed by atoms with Gasteiger partial charge < -0.3 is 24.3 Å². The van der Waals surface area contributed by atoms with Gasteiger partial charge >= 0.3 is 29.6 Å². The Bertz CT molecular complexity index is 830. The molecule has 2 aromatic carbocycles.